The maximum atomic E-state index is 12.3. The van der Waals surface area contributed by atoms with E-state index in [-0.39, 0.29) is 16.8 Å². The number of hydrogen-bond donors (Lipinski definition) is 3. The van der Waals surface area contributed by atoms with Gasteiger partial charge in [0, 0.05) is 11.6 Å². The number of aromatic nitrogens is 1. The topological polar surface area (TPSA) is 98.7 Å². The van der Waals surface area contributed by atoms with E-state index in [0.29, 0.717) is 0 Å². The number of aliphatic hydroxyl groups excluding tert-OH is 1. The predicted molar refractivity (Wildman–Crippen MR) is 76.2 cm³/mol. The van der Waals surface area contributed by atoms with Crippen LogP contribution >= 0.6 is 0 Å². The summed E-state index contributed by atoms with van der Waals surface area (Å²) in [5, 5.41) is 30.0. The summed E-state index contributed by atoms with van der Waals surface area (Å²) in [6.45, 7) is 1.79. The molecular weight excluding hydrogens is 286 g/mol. The first-order valence-electron chi connectivity index (χ1n) is 6.47. The van der Waals surface area contributed by atoms with Gasteiger partial charge in [-0.05, 0) is 25.1 Å². The lowest BCUT2D eigenvalue weighted by atomic mass is 9.90. The minimum atomic E-state index is -0.981. The number of aliphatic hydroxyl groups is 1. The highest BCUT2D eigenvalue weighted by atomic mass is 16.3. The first-order valence-corrected chi connectivity index (χ1v) is 6.47. The van der Waals surface area contributed by atoms with Gasteiger partial charge in [0.1, 0.15) is 11.5 Å². The van der Waals surface area contributed by atoms with E-state index in [0.717, 1.165) is 17.7 Å². The number of rotatable bonds is 1. The summed E-state index contributed by atoms with van der Waals surface area (Å²) in [4.78, 5) is 24.5. The molecule has 0 amide bonds. The van der Waals surface area contributed by atoms with E-state index in [4.69, 9.17) is 0 Å². The van der Waals surface area contributed by atoms with Crippen molar-refractivity contribution in [3.05, 3.63) is 53.3 Å². The minimum Gasteiger partial charge on any atom is -0.507 e. The van der Waals surface area contributed by atoms with Crippen molar-refractivity contribution in [2.24, 2.45) is 0 Å². The molecule has 1 heterocycles. The summed E-state index contributed by atoms with van der Waals surface area (Å²) in [7, 11) is 0. The molecule has 0 atom stereocenters. The van der Waals surface area contributed by atoms with Crippen LogP contribution in [0, 0.1) is 6.92 Å². The average Bonchev–Trinajstić information content (AvgIpc) is 2.47. The number of ketones is 2. The second-order valence-corrected chi connectivity index (χ2v) is 5.00. The molecule has 0 unspecified atom stereocenters. The molecule has 1 aliphatic carbocycles. The van der Waals surface area contributed by atoms with E-state index < -0.39 is 28.8 Å². The number of carbonyl (C=O) groups excluding carboxylic acids is 2. The third-order valence-electron chi connectivity index (χ3n) is 3.48. The van der Waals surface area contributed by atoms with Gasteiger partial charge < -0.3 is 15.3 Å². The molecule has 1 aromatic carbocycles. The number of carbonyl (C=O) groups is 2. The molecule has 0 spiro atoms. The Balaban J connectivity index is 2.37. The summed E-state index contributed by atoms with van der Waals surface area (Å²) < 4.78 is 1.32. The minimum absolute atomic E-state index is 0.242. The Kier molecular flexibility index (Phi) is 2.95. The number of phenols is 2. The van der Waals surface area contributed by atoms with Crippen LogP contribution in [0.3, 0.4) is 0 Å². The molecule has 3 rings (SSSR count). The maximum Gasteiger partial charge on any atom is 0.305 e. The number of allylic oxidation sites excluding steroid dienone is 1. The number of aromatic hydroxyl groups is 2. The number of phenolic OH excluding ortho intramolecular Hbond substituents is 2. The zero-order chi connectivity index (χ0) is 16.0. The number of aryl methyl sites for hydroxylation is 1. The van der Waals surface area contributed by atoms with Crippen molar-refractivity contribution < 1.29 is 29.5 Å². The lowest BCUT2D eigenvalue weighted by Crippen LogP contribution is -2.41. The molecule has 110 valence electrons. The highest BCUT2D eigenvalue weighted by Crippen LogP contribution is 2.38. The van der Waals surface area contributed by atoms with Crippen molar-refractivity contribution in [1.82, 2.24) is 0 Å². The maximum absolute atomic E-state index is 12.3. The summed E-state index contributed by atoms with van der Waals surface area (Å²) in [6, 6.07) is 5.69. The Morgan fingerprint density at radius 2 is 1.55 bits per heavy atom. The average molecular weight is 298 g/mol. The molecule has 6 heteroatoms. The molecule has 0 bridgehead atoms. The number of fused-ring (bicyclic) bond motifs is 1. The van der Waals surface area contributed by atoms with Crippen molar-refractivity contribution in [2.75, 3.05) is 0 Å². The van der Waals surface area contributed by atoms with Gasteiger partial charge in [-0.15, -0.1) is 0 Å². The highest BCUT2D eigenvalue weighted by molar-refractivity contribution is 6.59. The number of pyridine rings is 1. The zero-order valence-corrected chi connectivity index (χ0v) is 11.6. The Labute approximate surface area is 125 Å². The monoisotopic (exact) mass is 298 g/mol. The predicted octanol–water partition coefficient (Wildman–Crippen LogP) is 1.34. The largest absolute Gasteiger partial charge is 0.507 e. The van der Waals surface area contributed by atoms with Crippen LogP contribution in [0.15, 0.2) is 36.7 Å². The van der Waals surface area contributed by atoms with E-state index in [1.165, 1.54) is 10.8 Å². The van der Waals surface area contributed by atoms with Crippen molar-refractivity contribution in [1.29, 1.82) is 0 Å². The van der Waals surface area contributed by atoms with Crippen molar-refractivity contribution in [2.45, 2.75) is 6.92 Å². The number of hydrogen-bond acceptors (Lipinski definition) is 5. The van der Waals surface area contributed by atoms with E-state index in [1.54, 1.807) is 25.3 Å². The molecule has 22 heavy (non-hydrogen) atoms. The van der Waals surface area contributed by atoms with Crippen molar-refractivity contribution in [3.8, 4) is 11.5 Å². The Bertz CT molecular complexity index is 867. The van der Waals surface area contributed by atoms with Gasteiger partial charge in [-0.25, -0.2) is 0 Å². The molecule has 2 aromatic rings. The summed E-state index contributed by atoms with van der Waals surface area (Å²) in [5.41, 5.74) is -0.0795. The van der Waals surface area contributed by atoms with Gasteiger partial charge in [-0.2, -0.15) is 4.57 Å². The molecule has 3 N–H and O–H groups in total. The molecule has 0 saturated heterocycles. The normalized spacial score (nSPS) is 14.2. The lowest BCUT2D eigenvalue weighted by Gasteiger charge is -2.16. The highest BCUT2D eigenvalue weighted by Gasteiger charge is 2.42. The Hall–Kier alpha value is -3.15. The van der Waals surface area contributed by atoms with Crippen LogP contribution in [-0.4, -0.2) is 26.9 Å². The summed E-state index contributed by atoms with van der Waals surface area (Å²) >= 11 is 0. The van der Waals surface area contributed by atoms with Crippen LogP contribution in [-0.2, 0) is 4.79 Å². The van der Waals surface area contributed by atoms with Crippen molar-refractivity contribution >= 4 is 23.0 Å². The second-order valence-electron chi connectivity index (χ2n) is 5.00. The van der Waals surface area contributed by atoms with Crippen LogP contribution in [0.4, 0.5) is 0 Å². The molecule has 1 aromatic heterocycles. The number of benzene rings is 1. The molecule has 0 radical (unpaired) electrons. The number of Topliss-reactive ketones (excluding diaryl/α,β-unsaturated/α-hetero) is 2. The van der Waals surface area contributed by atoms with Crippen LogP contribution in [0.2, 0.25) is 0 Å². The van der Waals surface area contributed by atoms with Crippen LogP contribution in [0.25, 0.3) is 11.5 Å². The van der Waals surface area contributed by atoms with E-state index in [2.05, 4.69) is 0 Å². The standard InChI is InChI=1S/C16H11NO5/c1-8-3-2-6-17(7-8)13-14(20)11-9(18)4-5-10(19)12(11)15(21)16(13)22/h2-7H,1H3,(H2-,18,19,20,21,22)/p+1. The Morgan fingerprint density at radius 1 is 0.909 bits per heavy atom. The first kappa shape index (κ1) is 13.8. The zero-order valence-electron chi connectivity index (χ0n) is 11.6. The van der Waals surface area contributed by atoms with Gasteiger partial charge in [-0.1, -0.05) is 0 Å². The fraction of sp³-hybridized carbons (Fsp3) is 0.0625. The van der Waals surface area contributed by atoms with Crippen molar-refractivity contribution in [3.63, 3.8) is 0 Å². The molecule has 0 saturated carbocycles. The van der Waals surface area contributed by atoms with Gasteiger partial charge in [0.25, 0.3) is 0 Å². The van der Waals surface area contributed by atoms with E-state index in [1.807, 2.05) is 0 Å². The number of nitrogens with zero attached hydrogens (tertiary/aromatic N) is 1. The van der Waals surface area contributed by atoms with E-state index in [9.17, 15) is 24.9 Å². The molecule has 0 aliphatic heterocycles. The SMILES string of the molecule is Cc1ccc[n+](C2=C(O)c3c(O)ccc(O)c3C(=O)C2=O)c1. The summed E-state index contributed by atoms with van der Waals surface area (Å²) in [6.07, 6.45) is 3.08. The van der Waals surface area contributed by atoms with Gasteiger partial charge >= 0.3 is 11.5 Å². The molecule has 0 fully saturated rings. The van der Waals surface area contributed by atoms with E-state index >= 15 is 0 Å². The Morgan fingerprint density at radius 3 is 2.18 bits per heavy atom. The molecule has 6 nitrogen and oxygen atoms in total. The molecular formula is C16H12NO5+. The fourth-order valence-electron chi connectivity index (χ4n) is 2.47. The summed E-state index contributed by atoms with van der Waals surface area (Å²) in [5.74, 6) is -3.35. The van der Waals surface area contributed by atoms with Gasteiger partial charge in [0.2, 0.25) is 11.5 Å². The van der Waals surface area contributed by atoms with Gasteiger partial charge in [0.05, 0.1) is 11.1 Å². The van der Waals surface area contributed by atoms with Crippen LogP contribution in [0.5, 0.6) is 11.5 Å². The lowest BCUT2D eigenvalue weighted by molar-refractivity contribution is -0.577. The quantitative estimate of drug-likeness (QED) is 0.419. The third-order valence-corrected chi connectivity index (χ3v) is 3.48. The molecule has 1 aliphatic rings. The van der Waals surface area contributed by atoms with Gasteiger partial charge in [-0.3, -0.25) is 9.59 Å². The third kappa shape index (κ3) is 1.85. The second kappa shape index (κ2) is 4.70. The smallest absolute Gasteiger partial charge is 0.305 e. The van der Waals surface area contributed by atoms with Gasteiger partial charge in [0.15, 0.2) is 12.4 Å². The van der Waals surface area contributed by atoms with Crippen LogP contribution < -0.4 is 4.57 Å². The fourth-order valence-corrected chi connectivity index (χ4v) is 2.47. The van der Waals surface area contributed by atoms with Crippen LogP contribution in [0.1, 0.15) is 21.5 Å². The first-order chi connectivity index (χ1) is 10.4.